The van der Waals surface area contributed by atoms with E-state index in [-0.39, 0.29) is 0 Å². The highest BCUT2D eigenvalue weighted by atomic mass is 32.1. The second kappa shape index (κ2) is 6.50. The Morgan fingerprint density at radius 3 is 2.52 bits per heavy atom. The van der Waals surface area contributed by atoms with E-state index in [1.165, 1.54) is 16.1 Å². The summed E-state index contributed by atoms with van der Waals surface area (Å²) in [5.74, 6) is 0.972. The van der Waals surface area contributed by atoms with Crippen LogP contribution in [0.15, 0.2) is 35.7 Å². The molecule has 1 aromatic carbocycles. The molecule has 0 N–H and O–H groups in total. The van der Waals surface area contributed by atoms with Crippen LogP contribution in [0.2, 0.25) is 0 Å². The Labute approximate surface area is 130 Å². The normalized spacial score (nSPS) is 16.2. The van der Waals surface area contributed by atoms with Crippen LogP contribution in [0.25, 0.3) is 0 Å². The number of hydrogen-bond acceptors (Lipinski definition) is 4. The number of hydrogen-bond donors (Lipinski definition) is 0. The molecule has 1 aromatic heterocycles. The highest BCUT2D eigenvalue weighted by molar-refractivity contribution is 7.10. The number of piperazine rings is 1. The molecule has 0 bridgehead atoms. The minimum absolute atomic E-state index is 0.972. The third-order valence-electron chi connectivity index (χ3n) is 4.13. The van der Waals surface area contributed by atoms with E-state index in [1.54, 1.807) is 7.11 Å². The molecule has 0 radical (unpaired) electrons. The quantitative estimate of drug-likeness (QED) is 0.861. The molecule has 0 atom stereocenters. The van der Waals surface area contributed by atoms with Crippen LogP contribution in [0, 0.1) is 6.92 Å². The topological polar surface area (TPSA) is 15.7 Å². The maximum atomic E-state index is 5.47. The van der Waals surface area contributed by atoms with Crippen molar-refractivity contribution in [1.29, 1.82) is 0 Å². The predicted octanol–water partition coefficient (Wildman–Crippen LogP) is 3.39. The van der Waals surface area contributed by atoms with Crippen LogP contribution in [-0.4, -0.2) is 38.2 Å². The maximum Gasteiger partial charge on any atom is 0.142 e. The monoisotopic (exact) mass is 302 g/mol. The molecule has 4 heteroatoms. The highest BCUT2D eigenvalue weighted by Crippen LogP contribution is 2.28. The Bertz CT molecular complexity index is 588. The van der Waals surface area contributed by atoms with Gasteiger partial charge in [0, 0.05) is 37.6 Å². The molecule has 2 aromatic rings. The van der Waals surface area contributed by atoms with Gasteiger partial charge in [-0.25, -0.2) is 0 Å². The lowest BCUT2D eigenvalue weighted by atomic mass is 10.2. The van der Waals surface area contributed by atoms with Crippen molar-refractivity contribution in [2.45, 2.75) is 13.5 Å². The van der Waals surface area contributed by atoms with E-state index in [4.69, 9.17) is 4.74 Å². The Hall–Kier alpha value is -1.52. The zero-order chi connectivity index (χ0) is 14.7. The molecule has 0 aliphatic carbocycles. The minimum Gasteiger partial charge on any atom is -0.495 e. The van der Waals surface area contributed by atoms with Crippen molar-refractivity contribution in [2.75, 3.05) is 38.2 Å². The first kappa shape index (κ1) is 14.4. The standard InChI is InChI=1S/C17H22N2OS/c1-14-7-12-21-17(14)13-18-8-10-19(11-9-18)15-5-3-4-6-16(15)20-2/h3-7,12H,8-11,13H2,1-2H3. The molecule has 3 rings (SSSR count). The third-order valence-corrected chi connectivity index (χ3v) is 5.14. The largest absolute Gasteiger partial charge is 0.495 e. The number of anilines is 1. The first-order valence-electron chi connectivity index (χ1n) is 7.41. The smallest absolute Gasteiger partial charge is 0.142 e. The summed E-state index contributed by atoms with van der Waals surface area (Å²) < 4.78 is 5.47. The maximum absolute atomic E-state index is 5.47. The molecule has 3 nitrogen and oxygen atoms in total. The molecule has 0 spiro atoms. The Morgan fingerprint density at radius 1 is 1.10 bits per heavy atom. The van der Waals surface area contributed by atoms with E-state index < -0.39 is 0 Å². The average molecular weight is 302 g/mol. The lowest BCUT2D eigenvalue weighted by Gasteiger charge is -2.36. The van der Waals surface area contributed by atoms with E-state index in [9.17, 15) is 0 Å². The van der Waals surface area contributed by atoms with Crippen molar-refractivity contribution in [2.24, 2.45) is 0 Å². The van der Waals surface area contributed by atoms with Crippen LogP contribution in [0.4, 0.5) is 5.69 Å². The van der Waals surface area contributed by atoms with Gasteiger partial charge in [0.25, 0.3) is 0 Å². The fourth-order valence-electron chi connectivity index (χ4n) is 2.81. The van der Waals surface area contributed by atoms with Crippen LogP contribution < -0.4 is 9.64 Å². The lowest BCUT2D eigenvalue weighted by molar-refractivity contribution is 0.251. The summed E-state index contributed by atoms with van der Waals surface area (Å²) in [5.41, 5.74) is 2.64. The van der Waals surface area contributed by atoms with Crippen LogP contribution in [0.5, 0.6) is 5.75 Å². The predicted molar refractivity (Wildman–Crippen MR) is 89.5 cm³/mol. The number of para-hydroxylation sites is 2. The Kier molecular flexibility index (Phi) is 4.46. The van der Waals surface area contributed by atoms with E-state index in [0.29, 0.717) is 0 Å². The number of ether oxygens (including phenoxy) is 1. The van der Waals surface area contributed by atoms with Gasteiger partial charge in [-0.15, -0.1) is 11.3 Å². The highest BCUT2D eigenvalue weighted by Gasteiger charge is 2.20. The number of rotatable bonds is 4. The molecule has 2 heterocycles. The van der Waals surface area contributed by atoms with Crippen LogP contribution in [0.3, 0.4) is 0 Å². The van der Waals surface area contributed by atoms with Gasteiger partial charge in [-0.2, -0.15) is 0 Å². The van der Waals surface area contributed by atoms with Gasteiger partial charge in [0.05, 0.1) is 12.8 Å². The summed E-state index contributed by atoms with van der Waals surface area (Å²) in [7, 11) is 1.74. The molecular formula is C17H22N2OS. The zero-order valence-electron chi connectivity index (χ0n) is 12.7. The van der Waals surface area contributed by atoms with Gasteiger partial charge in [0.15, 0.2) is 0 Å². The second-order valence-corrected chi connectivity index (χ2v) is 6.46. The summed E-state index contributed by atoms with van der Waals surface area (Å²) in [6.45, 7) is 7.63. The van der Waals surface area contributed by atoms with E-state index in [1.807, 2.05) is 23.5 Å². The Balaban J connectivity index is 1.61. The molecule has 1 fully saturated rings. The van der Waals surface area contributed by atoms with Crippen LogP contribution >= 0.6 is 11.3 Å². The summed E-state index contributed by atoms with van der Waals surface area (Å²) >= 11 is 1.87. The Morgan fingerprint density at radius 2 is 1.86 bits per heavy atom. The molecule has 21 heavy (non-hydrogen) atoms. The van der Waals surface area contributed by atoms with E-state index >= 15 is 0 Å². The van der Waals surface area contributed by atoms with Crippen molar-refractivity contribution < 1.29 is 4.74 Å². The molecule has 1 aliphatic rings. The fraction of sp³-hybridized carbons (Fsp3) is 0.412. The van der Waals surface area contributed by atoms with Crippen molar-refractivity contribution >= 4 is 17.0 Å². The van der Waals surface area contributed by atoms with Crippen molar-refractivity contribution in [1.82, 2.24) is 4.90 Å². The molecule has 0 amide bonds. The fourth-order valence-corrected chi connectivity index (χ4v) is 3.75. The zero-order valence-corrected chi connectivity index (χ0v) is 13.5. The molecule has 112 valence electrons. The third kappa shape index (κ3) is 3.22. The molecule has 0 unspecified atom stereocenters. The second-order valence-electron chi connectivity index (χ2n) is 5.46. The SMILES string of the molecule is COc1ccccc1N1CCN(Cc2sccc2C)CC1. The minimum atomic E-state index is 0.972. The van der Waals surface area contributed by atoms with Crippen LogP contribution in [0.1, 0.15) is 10.4 Å². The van der Waals surface area contributed by atoms with Gasteiger partial charge >= 0.3 is 0 Å². The van der Waals surface area contributed by atoms with Gasteiger partial charge in [-0.05, 0) is 36.1 Å². The molecule has 1 saturated heterocycles. The lowest BCUT2D eigenvalue weighted by Crippen LogP contribution is -2.46. The van der Waals surface area contributed by atoms with Gasteiger partial charge in [-0.3, -0.25) is 4.90 Å². The van der Waals surface area contributed by atoms with Gasteiger partial charge in [0.2, 0.25) is 0 Å². The number of nitrogens with zero attached hydrogens (tertiary/aromatic N) is 2. The van der Waals surface area contributed by atoms with Crippen molar-refractivity contribution in [3.8, 4) is 5.75 Å². The van der Waals surface area contributed by atoms with E-state index in [2.05, 4.69) is 40.3 Å². The van der Waals surface area contributed by atoms with Gasteiger partial charge in [-0.1, -0.05) is 12.1 Å². The number of aryl methyl sites for hydroxylation is 1. The number of thiophene rings is 1. The molecular weight excluding hydrogens is 280 g/mol. The number of benzene rings is 1. The average Bonchev–Trinajstić information content (AvgIpc) is 2.93. The van der Waals surface area contributed by atoms with E-state index in [0.717, 1.165) is 38.5 Å². The summed E-state index contributed by atoms with van der Waals surface area (Å²) in [4.78, 5) is 6.47. The summed E-state index contributed by atoms with van der Waals surface area (Å²) in [6, 6.07) is 10.5. The molecule has 0 saturated carbocycles. The van der Waals surface area contributed by atoms with Crippen molar-refractivity contribution in [3.05, 3.63) is 46.2 Å². The van der Waals surface area contributed by atoms with Crippen LogP contribution in [-0.2, 0) is 6.54 Å². The van der Waals surface area contributed by atoms with Gasteiger partial charge in [0.1, 0.15) is 5.75 Å². The number of methoxy groups -OCH3 is 1. The van der Waals surface area contributed by atoms with Gasteiger partial charge < -0.3 is 9.64 Å². The first-order chi connectivity index (χ1) is 10.3. The summed E-state index contributed by atoms with van der Waals surface area (Å²) in [6.07, 6.45) is 0. The first-order valence-corrected chi connectivity index (χ1v) is 8.29. The summed E-state index contributed by atoms with van der Waals surface area (Å²) in [5, 5.41) is 2.19. The molecule has 1 aliphatic heterocycles. The van der Waals surface area contributed by atoms with Crippen molar-refractivity contribution in [3.63, 3.8) is 0 Å².